The predicted octanol–water partition coefficient (Wildman–Crippen LogP) is 3.70. The molecule has 0 saturated carbocycles. The van der Waals surface area contributed by atoms with E-state index in [9.17, 15) is 10.1 Å². The number of unbranched alkanes of at least 4 members (excludes halogenated alkanes) is 1. The second-order valence-electron chi connectivity index (χ2n) is 3.93. The van der Waals surface area contributed by atoms with E-state index >= 15 is 0 Å². The number of hydrogen-bond donors (Lipinski definition) is 1. The standard InChI is InChI=1S/C12H19N3O2S/c1-3-5-7-18-12-9-10(15(16)17)8-11(14-12)13-6-4-2/h8-9H,3-7H2,1-2H3,(H,13,14). The van der Waals surface area contributed by atoms with E-state index in [0.717, 1.165) is 36.6 Å². The number of anilines is 1. The summed E-state index contributed by atoms with van der Waals surface area (Å²) in [5.74, 6) is 1.53. The van der Waals surface area contributed by atoms with Gasteiger partial charge in [0.1, 0.15) is 10.8 Å². The van der Waals surface area contributed by atoms with Crippen LogP contribution in [0.15, 0.2) is 17.2 Å². The molecule has 1 aromatic heterocycles. The molecule has 1 rings (SSSR count). The Morgan fingerprint density at radius 3 is 2.78 bits per heavy atom. The summed E-state index contributed by atoms with van der Waals surface area (Å²) in [6.45, 7) is 4.93. The lowest BCUT2D eigenvalue weighted by Crippen LogP contribution is -2.03. The van der Waals surface area contributed by atoms with Gasteiger partial charge >= 0.3 is 0 Å². The molecule has 0 aliphatic heterocycles. The summed E-state index contributed by atoms with van der Waals surface area (Å²) < 4.78 is 0. The second kappa shape index (κ2) is 7.92. The van der Waals surface area contributed by atoms with E-state index in [-0.39, 0.29) is 10.6 Å². The van der Waals surface area contributed by atoms with Crippen LogP contribution in [-0.2, 0) is 0 Å². The number of nitrogens with zero attached hydrogens (tertiary/aromatic N) is 2. The third-order valence-corrected chi connectivity index (χ3v) is 3.30. The molecule has 0 spiro atoms. The van der Waals surface area contributed by atoms with E-state index in [1.807, 2.05) is 6.92 Å². The zero-order chi connectivity index (χ0) is 13.4. The molecule has 0 aromatic carbocycles. The summed E-state index contributed by atoms with van der Waals surface area (Å²) in [6, 6.07) is 3.02. The summed E-state index contributed by atoms with van der Waals surface area (Å²) in [4.78, 5) is 14.9. The number of rotatable bonds is 8. The Kier molecular flexibility index (Phi) is 6.49. The van der Waals surface area contributed by atoms with E-state index in [4.69, 9.17) is 0 Å². The summed E-state index contributed by atoms with van der Waals surface area (Å²) >= 11 is 1.57. The Balaban J connectivity index is 2.80. The van der Waals surface area contributed by atoms with Gasteiger partial charge in [0, 0.05) is 12.6 Å². The van der Waals surface area contributed by atoms with Gasteiger partial charge in [0.2, 0.25) is 0 Å². The molecule has 0 fully saturated rings. The first-order chi connectivity index (χ1) is 8.67. The fourth-order valence-corrected chi connectivity index (χ4v) is 2.34. The van der Waals surface area contributed by atoms with Crippen molar-refractivity contribution in [2.45, 2.75) is 38.1 Å². The summed E-state index contributed by atoms with van der Waals surface area (Å²) in [5, 5.41) is 14.7. The average molecular weight is 269 g/mol. The molecule has 100 valence electrons. The number of thioether (sulfide) groups is 1. The number of pyridine rings is 1. The molecular formula is C12H19N3O2S. The number of aromatic nitrogens is 1. The number of hydrogen-bond acceptors (Lipinski definition) is 5. The fraction of sp³-hybridized carbons (Fsp3) is 0.583. The van der Waals surface area contributed by atoms with E-state index in [0.29, 0.717) is 5.82 Å². The molecule has 0 amide bonds. The Hall–Kier alpha value is -1.30. The van der Waals surface area contributed by atoms with Crippen LogP contribution in [0.5, 0.6) is 0 Å². The van der Waals surface area contributed by atoms with Crippen molar-refractivity contribution >= 4 is 23.3 Å². The van der Waals surface area contributed by atoms with Gasteiger partial charge in [0.25, 0.3) is 5.69 Å². The highest BCUT2D eigenvalue weighted by Crippen LogP contribution is 2.25. The monoisotopic (exact) mass is 269 g/mol. The molecule has 0 atom stereocenters. The van der Waals surface area contributed by atoms with Gasteiger partial charge in [-0.3, -0.25) is 10.1 Å². The van der Waals surface area contributed by atoms with E-state index in [1.54, 1.807) is 11.8 Å². The highest BCUT2D eigenvalue weighted by molar-refractivity contribution is 7.99. The Morgan fingerprint density at radius 2 is 2.17 bits per heavy atom. The first-order valence-electron chi connectivity index (χ1n) is 6.20. The maximum Gasteiger partial charge on any atom is 0.275 e. The minimum atomic E-state index is -0.372. The van der Waals surface area contributed by atoms with E-state index in [1.165, 1.54) is 12.1 Å². The van der Waals surface area contributed by atoms with Crippen molar-refractivity contribution in [3.05, 3.63) is 22.2 Å². The Bertz CT molecular complexity index is 399. The summed E-state index contributed by atoms with van der Waals surface area (Å²) in [5.41, 5.74) is 0.0996. The molecule has 0 saturated heterocycles. The molecule has 1 heterocycles. The molecule has 5 nitrogen and oxygen atoms in total. The van der Waals surface area contributed by atoms with Crippen molar-refractivity contribution in [2.24, 2.45) is 0 Å². The van der Waals surface area contributed by atoms with Crippen molar-refractivity contribution in [3.63, 3.8) is 0 Å². The van der Waals surface area contributed by atoms with Crippen LogP contribution in [0.3, 0.4) is 0 Å². The lowest BCUT2D eigenvalue weighted by Gasteiger charge is -2.06. The van der Waals surface area contributed by atoms with Gasteiger partial charge in [0.15, 0.2) is 0 Å². The number of nitrogens with one attached hydrogen (secondary N) is 1. The van der Waals surface area contributed by atoms with Crippen LogP contribution >= 0.6 is 11.8 Å². The molecule has 0 radical (unpaired) electrons. The Labute approximate surface area is 112 Å². The quantitative estimate of drug-likeness (QED) is 0.337. The molecule has 1 aromatic rings. The third kappa shape index (κ3) is 4.91. The Morgan fingerprint density at radius 1 is 1.39 bits per heavy atom. The van der Waals surface area contributed by atoms with Gasteiger partial charge in [-0.15, -0.1) is 11.8 Å². The van der Waals surface area contributed by atoms with Crippen LogP contribution in [0.4, 0.5) is 11.5 Å². The smallest absolute Gasteiger partial charge is 0.275 e. The molecule has 1 N–H and O–H groups in total. The summed E-state index contributed by atoms with van der Waals surface area (Å²) in [6.07, 6.45) is 3.16. The lowest BCUT2D eigenvalue weighted by atomic mass is 10.4. The van der Waals surface area contributed by atoms with Crippen molar-refractivity contribution in [3.8, 4) is 0 Å². The van der Waals surface area contributed by atoms with Crippen LogP contribution < -0.4 is 5.32 Å². The first-order valence-corrected chi connectivity index (χ1v) is 7.19. The average Bonchev–Trinajstić information content (AvgIpc) is 2.36. The van der Waals surface area contributed by atoms with Gasteiger partial charge in [-0.2, -0.15) is 0 Å². The van der Waals surface area contributed by atoms with Gasteiger partial charge in [0.05, 0.1) is 11.0 Å². The van der Waals surface area contributed by atoms with Crippen molar-refractivity contribution in [1.82, 2.24) is 4.98 Å². The van der Waals surface area contributed by atoms with Crippen LogP contribution in [0.2, 0.25) is 0 Å². The minimum absolute atomic E-state index is 0.0996. The summed E-state index contributed by atoms with van der Waals surface area (Å²) in [7, 11) is 0. The van der Waals surface area contributed by atoms with Gasteiger partial charge in [-0.25, -0.2) is 4.98 Å². The van der Waals surface area contributed by atoms with Crippen LogP contribution in [0.25, 0.3) is 0 Å². The molecule has 6 heteroatoms. The lowest BCUT2D eigenvalue weighted by molar-refractivity contribution is -0.385. The van der Waals surface area contributed by atoms with Crippen LogP contribution in [0.1, 0.15) is 33.1 Å². The predicted molar refractivity (Wildman–Crippen MR) is 75.3 cm³/mol. The number of nitro groups is 1. The molecular weight excluding hydrogens is 250 g/mol. The SMILES string of the molecule is CCCCSc1cc([N+](=O)[O-])cc(NCCC)n1. The van der Waals surface area contributed by atoms with Crippen LogP contribution in [0, 0.1) is 10.1 Å². The normalized spacial score (nSPS) is 10.3. The molecule has 18 heavy (non-hydrogen) atoms. The molecule has 0 aliphatic carbocycles. The largest absolute Gasteiger partial charge is 0.370 e. The van der Waals surface area contributed by atoms with Gasteiger partial charge in [-0.05, 0) is 18.6 Å². The zero-order valence-corrected chi connectivity index (χ0v) is 11.6. The van der Waals surface area contributed by atoms with Crippen LogP contribution in [-0.4, -0.2) is 22.2 Å². The third-order valence-electron chi connectivity index (χ3n) is 2.30. The van der Waals surface area contributed by atoms with E-state index in [2.05, 4.69) is 17.2 Å². The molecule has 0 unspecified atom stereocenters. The maximum atomic E-state index is 10.8. The topological polar surface area (TPSA) is 68.1 Å². The highest BCUT2D eigenvalue weighted by Gasteiger charge is 2.11. The first kappa shape index (κ1) is 14.8. The highest BCUT2D eigenvalue weighted by atomic mass is 32.2. The second-order valence-corrected chi connectivity index (χ2v) is 5.05. The fourth-order valence-electron chi connectivity index (χ4n) is 1.34. The van der Waals surface area contributed by atoms with Gasteiger partial charge < -0.3 is 5.32 Å². The van der Waals surface area contributed by atoms with Crippen molar-refractivity contribution in [2.75, 3.05) is 17.6 Å². The maximum absolute atomic E-state index is 10.8. The van der Waals surface area contributed by atoms with Crippen molar-refractivity contribution < 1.29 is 4.92 Å². The van der Waals surface area contributed by atoms with E-state index < -0.39 is 0 Å². The van der Waals surface area contributed by atoms with Gasteiger partial charge in [-0.1, -0.05) is 20.3 Å². The zero-order valence-electron chi connectivity index (χ0n) is 10.8. The van der Waals surface area contributed by atoms with Crippen molar-refractivity contribution in [1.29, 1.82) is 0 Å². The molecule has 0 bridgehead atoms. The minimum Gasteiger partial charge on any atom is -0.370 e. The molecule has 0 aliphatic rings.